The molecular formula is C18H14N4O4S. The van der Waals surface area contributed by atoms with E-state index in [0.29, 0.717) is 28.6 Å². The number of nitrogens with one attached hydrogen (secondary N) is 2. The number of rotatable bonds is 5. The highest BCUT2D eigenvalue weighted by Gasteiger charge is 2.22. The lowest BCUT2D eigenvalue weighted by atomic mass is 10.2. The molecule has 0 radical (unpaired) electrons. The van der Waals surface area contributed by atoms with Crippen LogP contribution in [0.5, 0.6) is 11.6 Å². The number of ether oxygens (including phenoxy) is 1. The van der Waals surface area contributed by atoms with Gasteiger partial charge in [-0.25, -0.2) is 13.4 Å². The average Bonchev–Trinajstić information content (AvgIpc) is 3.01. The van der Waals surface area contributed by atoms with E-state index in [1.807, 2.05) is 0 Å². The lowest BCUT2D eigenvalue weighted by molar-refractivity contribution is -0.115. The summed E-state index contributed by atoms with van der Waals surface area (Å²) in [6.45, 7) is 0. The van der Waals surface area contributed by atoms with E-state index >= 15 is 0 Å². The largest absolute Gasteiger partial charge is 0.437 e. The minimum atomic E-state index is -3.81. The lowest BCUT2D eigenvalue weighted by Crippen LogP contribution is -2.13. The topological polar surface area (TPSA) is 110 Å². The van der Waals surface area contributed by atoms with Crippen LogP contribution in [0.15, 0.2) is 66.0 Å². The second-order valence-corrected chi connectivity index (χ2v) is 7.51. The molecule has 2 N–H and O–H groups in total. The van der Waals surface area contributed by atoms with E-state index in [1.165, 1.54) is 30.7 Å². The molecule has 1 aromatic heterocycles. The molecule has 4 rings (SSSR count). The van der Waals surface area contributed by atoms with Crippen molar-refractivity contribution in [1.29, 1.82) is 0 Å². The summed E-state index contributed by atoms with van der Waals surface area (Å²) in [5.74, 6) is 0.564. The van der Waals surface area contributed by atoms with Gasteiger partial charge in [-0.15, -0.1) is 0 Å². The van der Waals surface area contributed by atoms with Crippen molar-refractivity contribution in [2.75, 3.05) is 10.0 Å². The van der Waals surface area contributed by atoms with Crippen molar-refractivity contribution in [3.8, 4) is 11.6 Å². The van der Waals surface area contributed by atoms with E-state index in [0.717, 1.165) is 0 Å². The van der Waals surface area contributed by atoms with Gasteiger partial charge in [0.15, 0.2) is 0 Å². The van der Waals surface area contributed by atoms with Gasteiger partial charge in [0.25, 0.3) is 10.0 Å². The summed E-state index contributed by atoms with van der Waals surface area (Å²) >= 11 is 0. The fourth-order valence-electron chi connectivity index (χ4n) is 2.67. The van der Waals surface area contributed by atoms with Gasteiger partial charge in [0.2, 0.25) is 11.8 Å². The molecule has 1 aliphatic heterocycles. The molecule has 27 heavy (non-hydrogen) atoms. The number of carbonyl (C=O) groups is 1. The number of aromatic nitrogens is 2. The van der Waals surface area contributed by atoms with Crippen molar-refractivity contribution in [2.24, 2.45) is 0 Å². The normalized spacial score (nSPS) is 13.0. The van der Waals surface area contributed by atoms with Gasteiger partial charge in [0.05, 0.1) is 23.2 Å². The summed E-state index contributed by atoms with van der Waals surface area (Å²) in [6.07, 6.45) is 4.64. The van der Waals surface area contributed by atoms with Crippen molar-refractivity contribution >= 4 is 27.3 Å². The van der Waals surface area contributed by atoms with Gasteiger partial charge in [-0.3, -0.25) is 14.5 Å². The highest BCUT2D eigenvalue weighted by molar-refractivity contribution is 7.92. The first-order chi connectivity index (χ1) is 13.0. The number of fused-ring (bicyclic) bond motifs is 1. The number of nitrogens with zero attached hydrogens (tertiary/aromatic N) is 2. The maximum atomic E-state index is 12.7. The molecule has 0 spiro atoms. The van der Waals surface area contributed by atoms with Crippen LogP contribution in [-0.2, 0) is 21.2 Å². The number of hydrogen-bond acceptors (Lipinski definition) is 6. The summed E-state index contributed by atoms with van der Waals surface area (Å²) in [7, 11) is -3.81. The van der Waals surface area contributed by atoms with Crippen LogP contribution >= 0.6 is 0 Å². The molecule has 8 nitrogen and oxygen atoms in total. The SMILES string of the molecule is O=C1Cc2cc(S(=O)(=O)Nc3cccc(Oc4cnccn4)c3)ccc2N1. The number of hydrogen-bond donors (Lipinski definition) is 2. The third kappa shape index (κ3) is 3.72. The molecular weight excluding hydrogens is 368 g/mol. The van der Waals surface area contributed by atoms with Gasteiger partial charge in [0, 0.05) is 24.1 Å². The zero-order chi connectivity index (χ0) is 18.9. The molecule has 0 saturated carbocycles. The summed E-state index contributed by atoms with van der Waals surface area (Å²) in [5, 5.41) is 2.67. The monoisotopic (exact) mass is 382 g/mol. The highest BCUT2D eigenvalue weighted by atomic mass is 32.2. The van der Waals surface area contributed by atoms with Gasteiger partial charge in [0.1, 0.15) is 5.75 Å². The number of amides is 1. The van der Waals surface area contributed by atoms with Gasteiger partial charge in [-0.05, 0) is 35.9 Å². The number of sulfonamides is 1. The standard InChI is InChI=1S/C18H14N4O4S/c23-17-9-12-8-15(4-5-16(12)21-17)27(24,25)22-13-2-1-3-14(10-13)26-18-11-19-6-7-20-18/h1-8,10-11,22H,9H2,(H,21,23). The Balaban J connectivity index is 1.56. The summed E-state index contributed by atoms with van der Waals surface area (Å²) < 4.78 is 33.4. The summed E-state index contributed by atoms with van der Waals surface area (Å²) in [6, 6.07) is 11.0. The average molecular weight is 382 g/mol. The number of anilines is 2. The second-order valence-electron chi connectivity index (χ2n) is 5.82. The number of carbonyl (C=O) groups excluding carboxylic acids is 1. The molecule has 0 fully saturated rings. The molecule has 2 heterocycles. The van der Waals surface area contributed by atoms with E-state index in [9.17, 15) is 13.2 Å². The molecule has 0 aliphatic carbocycles. The fourth-order valence-corrected chi connectivity index (χ4v) is 3.77. The Bertz CT molecular complexity index is 1120. The Labute approximate surface area is 155 Å². The first kappa shape index (κ1) is 17.0. The minimum absolute atomic E-state index is 0.0815. The van der Waals surface area contributed by atoms with E-state index in [-0.39, 0.29) is 17.2 Å². The fraction of sp³-hybridized carbons (Fsp3) is 0.0556. The molecule has 2 aromatic carbocycles. The van der Waals surface area contributed by atoms with Crippen LogP contribution in [0.4, 0.5) is 11.4 Å². The van der Waals surface area contributed by atoms with Crippen LogP contribution in [0.3, 0.4) is 0 Å². The first-order valence-electron chi connectivity index (χ1n) is 7.99. The second kappa shape index (κ2) is 6.69. The van der Waals surface area contributed by atoms with Crippen molar-refractivity contribution in [1.82, 2.24) is 9.97 Å². The minimum Gasteiger partial charge on any atom is -0.437 e. The summed E-state index contributed by atoms with van der Waals surface area (Å²) in [4.78, 5) is 19.4. The van der Waals surface area contributed by atoms with Crippen LogP contribution in [0.1, 0.15) is 5.56 Å². The lowest BCUT2D eigenvalue weighted by Gasteiger charge is -2.11. The zero-order valence-electron chi connectivity index (χ0n) is 13.9. The van der Waals surface area contributed by atoms with Gasteiger partial charge in [-0.2, -0.15) is 0 Å². The Morgan fingerprint density at radius 3 is 2.81 bits per heavy atom. The smallest absolute Gasteiger partial charge is 0.261 e. The molecule has 0 bridgehead atoms. The predicted molar refractivity (Wildman–Crippen MR) is 98.1 cm³/mol. The van der Waals surface area contributed by atoms with Crippen molar-refractivity contribution in [3.05, 3.63) is 66.6 Å². The third-order valence-corrected chi connectivity index (χ3v) is 5.24. The van der Waals surface area contributed by atoms with E-state index in [4.69, 9.17) is 4.74 Å². The molecule has 136 valence electrons. The Kier molecular flexibility index (Phi) is 4.21. The Morgan fingerprint density at radius 1 is 1.11 bits per heavy atom. The van der Waals surface area contributed by atoms with Crippen LogP contribution in [0, 0.1) is 0 Å². The van der Waals surface area contributed by atoms with E-state index in [1.54, 1.807) is 30.3 Å². The zero-order valence-corrected chi connectivity index (χ0v) is 14.7. The van der Waals surface area contributed by atoms with E-state index < -0.39 is 10.0 Å². The molecule has 1 aliphatic rings. The predicted octanol–water partition coefficient (Wildman–Crippen LogP) is 2.56. The van der Waals surface area contributed by atoms with Crippen LogP contribution < -0.4 is 14.8 Å². The van der Waals surface area contributed by atoms with Crippen molar-refractivity contribution < 1.29 is 17.9 Å². The summed E-state index contributed by atoms with van der Waals surface area (Å²) in [5.41, 5.74) is 1.63. The Morgan fingerprint density at radius 2 is 2.00 bits per heavy atom. The molecule has 0 unspecified atom stereocenters. The van der Waals surface area contributed by atoms with Gasteiger partial charge >= 0.3 is 0 Å². The van der Waals surface area contributed by atoms with Crippen LogP contribution in [-0.4, -0.2) is 24.3 Å². The maximum Gasteiger partial charge on any atom is 0.261 e. The molecule has 0 saturated heterocycles. The third-order valence-electron chi connectivity index (χ3n) is 3.86. The van der Waals surface area contributed by atoms with Crippen LogP contribution in [0.25, 0.3) is 0 Å². The molecule has 1 amide bonds. The van der Waals surface area contributed by atoms with Crippen molar-refractivity contribution in [3.63, 3.8) is 0 Å². The maximum absolute atomic E-state index is 12.7. The highest BCUT2D eigenvalue weighted by Crippen LogP contribution is 2.28. The van der Waals surface area contributed by atoms with Crippen molar-refractivity contribution in [2.45, 2.75) is 11.3 Å². The first-order valence-corrected chi connectivity index (χ1v) is 9.47. The van der Waals surface area contributed by atoms with Crippen LogP contribution in [0.2, 0.25) is 0 Å². The quantitative estimate of drug-likeness (QED) is 0.702. The Hall–Kier alpha value is -3.46. The number of benzene rings is 2. The molecule has 0 atom stereocenters. The van der Waals surface area contributed by atoms with Gasteiger partial charge < -0.3 is 10.1 Å². The molecule has 9 heteroatoms. The molecule has 3 aromatic rings. The van der Waals surface area contributed by atoms with E-state index in [2.05, 4.69) is 20.0 Å². The van der Waals surface area contributed by atoms with Gasteiger partial charge in [-0.1, -0.05) is 6.07 Å².